The summed E-state index contributed by atoms with van der Waals surface area (Å²) < 4.78 is 5.13. The largest absolute Gasteiger partial charge is 0.376 e. The molecule has 2 amide bonds. The van der Waals surface area contributed by atoms with Crippen LogP contribution < -0.4 is 11.1 Å². The molecule has 2 aliphatic rings. The van der Waals surface area contributed by atoms with Gasteiger partial charge >= 0.3 is 0 Å². The Balaban J connectivity index is 1.74. The highest BCUT2D eigenvalue weighted by molar-refractivity contribution is 5.95. The van der Waals surface area contributed by atoms with Crippen LogP contribution in [0.4, 0.5) is 0 Å². The van der Waals surface area contributed by atoms with Crippen molar-refractivity contribution in [2.75, 3.05) is 13.2 Å². The first-order chi connectivity index (χ1) is 9.58. The van der Waals surface area contributed by atoms with E-state index in [1.54, 1.807) is 0 Å². The highest BCUT2D eigenvalue weighted by Gasteiger charge is 2.41. The summed E-state index contributed by atoms with van der Waals surface area (Å²) in [6.07, 6.45) is 3.40. The van der Waals surface area contributed by atoms with Crippen molar-refractivity contribution in [3.05, 3.63) is 34.9 Å². The fourth-order valence-corrected chi connectivity index (χ4v) is 2.93. The molecular formula is C15H18N2O3. The number of primary amides is 1. The fourth-order valence-electron chi connectivity index (χ4n) is 2.93. The number of hydrogen-bond donors (Lipinski definition) is 2. The molecule has 0 bridgehead atoms. The second-order valence-corrected chi connectivity index (χ2v) is 5.71. The highest BCUT2D eigenvalue weighted by Crippen LogP contribution is 2.25. The maximum absolute atomic E-state index is 12.3. The van der Waals surface area contributed by atoms with Crippen LogP contribution >= 0.6 is 0 Å². The van der Waals surface area contributed by atoms with Crippen LogP contribution in [0.3, 0.4) is 0 Å². The average Bonchev–Trinajstić information content (AvgIpc) is 2.82. The van der Waals surface area contributed by atoms with Crippen LogP contribution in [0.25, 0.3) is 0 Å². The molecule has 3 N–H and O–H groups in total. The van der Waals surface area contributed by atoms with Gasteiger partial charge < -0.3 is 15.8 Å². The zero-order chi connectivity index (χ0) is 14.2. The van der Waals surface area contributed by atoms with Crippen molar-refractivity contribution in [3.63, 3.8) is 0 Å². The topological polar surface area (TPSA) is 81.4 Å². The number of nitrogens with one attached hydrogen (secondary N) is 1. The zero-order valence-electron chi connectivity index (χ0n) is 11.3. The van der Waals surface area contributed by atoms with Crippen LogP contribution in [0.5, 0.6) is 0 Å². The highest BCUT2D eigenvalue weighted by atomic mass is 16.5. The number of hydrogen-bond acceptors (Lipinski definition) is 3. The third-order valence-electron chi connectivity index (χ3n) is 4.01. The summed E-state index contributed by atoms with van der Waals surface area (Å²) >= 11 is 0. The van der Waals surface area contributed by atoms with Crippen molar-refractivity contribution >= 4 is 11.8 Å². The zero-order valence-corrected chi connectivity index (χ0v) is 11.3. The SMILES string of the molecule is NC(=O)CC1(NC(=O)c2ccc3c(c2)CCC3)COC1. The van der Waals surface area contributed by atoms with E-state index >= 15 is 0 Å². The van der Waals surface area contributed by atoms with Gasteiger partial charge in [-0.1, -0.05) is 6.07 Å². The molecule has 5 heteroatoms. The molecule has 20 heavy (non-hydrogen) atoms. The van der Waals surface area contributed by atoms with Crippen molar-refractivity contribution in [2.45, 2.75) is 31.2 Å². The third-order valence-corrected chi connectivity index (χ3v) is 4.01. The summed E-state index contributed by atoms with van der Waals surface area (Å²) in [5, 5.41) is 2.90. The van der Waals surface area contributed by atoms with Gasteiger partial charge in [-0.3, -0.25) is 9.59 Å². The Morgan fingerprint density at radius 2 is 2.00 bits per heavy atom. The van der Waals surface area contributed by atoms with Crippen LogP contribution in [0, 0.1) is 0 Å². The normalized spacial score (nSPS) is 19.0. The van der Waals surface area contributed by atoms with Crippen LogP contribution in [0.2, 0.25) is 0 Å². The number of ether oxygens (including phenoxy) is 1. The number of benzene rings is 1. The summed E-state index contributed by atoms with van der Waals surface area (Å²) in [6.45, 7) is 0.680. The number of aryl methyl sites for hydroxylation is 2. The van der Waals surface area contributed by atoms with Gasteiger partial charge in [0.25, 0.3) is 5.91 Å². The standard InChI is InChI=1S/C15H18N2O3/c16-13(18)7-15(8-20-9-15)17-14(19)12-5-4-10-2-1-3-11(10)6-12/h4-6H,1-3,7-9H2,(H2,16,18)(H,17,19). The summed E-state index contributed by atoms with van der Waals surface area (Å²) in [4.78, 5) is 23.4. The van der Waals surface area contributed by atoms with Crippen LogP contribution in [-0.2, 0) is 22.4 Å². The lowest BCUT2D eigenvalue weighted by Gasteiger charge is -2.41. The minimum absolute atomic E-state index is 0.115. The monoisotopic (exact) mass is 274 g/mol. The summed E-state index contributed by atoms with van der Waals surface area (Å²) in [7, 11) is 0. The van der Waals surface area contributed by atoms with Gasteiger partial charge in [0.15, 0.2) is 0 Å². The van der Waals surface area contributed by atoms with Gasteiger partial charge in [0.2, 0.25) is 5.91 Å². The number of carbonyl (C=O) groups is 2. The Bertz CT molecular complexity index is 564. The Morgan fingerprint density at radius 1 is 1.25 bits per heavy atom. The predicted octanol–water partition coefficient (Wildman–Crippen LogP) is 0.549. The molecule has 1 aromatic rings. The van der Waals surface area contributed by atoms with E-state index in [2.05, 4.69) is 5.32 Å². The molecule has 3 rings (SSSR count). The molecule has 1 fully saturated rings. The maximum atomic E-state index is 12.3. The van der Waals surface area contributed by atoms with Crippen LogP contribution in [0.15, 0.2) is 18.2 Å². The van der Waals surface area contributed by atoms with E-state index in [9.17, 15) is 9.59 Å². The molecular weight excluding hydrogens is 256 g/mol. The Morgan fingerprint density at radius 3 is 2.65 bits per heavy atom. The molecule has 1 aliphatic carbocycles. The minimum Gasteiger partial charge on any atom is -0.376 e. The average molecular weight is 274 g/mol. The predicted molar refractivity (Wildman–Crippen MR) is 73.3 cm³/mol. The lowest BCUT2D eigenvalue weighted by atomic mass is 9.92. The molecule has 0 atom stereocenters. The van der Waals surface area contributed by atoms with Gasteiger partial charge in [0.05, 0.1) is 25.2 Å². The van der Waals surface area contributed by atoms with E-state index in [0.29, 0.717) is 18.8 Å². The summed E-state index contributed by atoms with van der Waals surface area (Å²) in [5.74, 6) is -0.591. The number of rotatable bonds is 4. The first-order valence-electron chi connectivity index (χ1n) is 6.88. The molecule has 1 saturated heterocycles. The van der Waals surface area contributed by atoms with Crippen molar-refractivity contribution in [2.24, 2.45) is 5.73 Å². The molecule has 1 heterocycles. The van der Waals surface area contributed by atoms with E-state index in [-0.39, 0.29) is 12.3 Å². The van der Waals surface area contributed by atoms with E-state index in [1.165, 1.54) is 11.1 Å². The minimum atomic E-state index is -0.623. The molecule has 1 aromatic carbocycles. The quantitative estimate of drug-likeness (QED) is 0.841. The van der Waals surface area contributed by atoms with Crippen molar-refractivity contribution in [1.82, 2.24) is 5.32 Å². The van der Waals surface area contributed by atoms with Gasteiger partial charge in [-0.15, -0.1) is 0 Å². The van der Waals surface area contributed by atoms with Crippen molar-refractivity contribution in [1.29, 1.82) is 0 Å². The molecule has 0 saturated carbocycles. The Labute approximate surface area is 117 Å². The number of carbonyl (C=O) groups excluding carboxylic acids is 2. The second kappa shape index (κ2) is 4.90. The first kappa shape index (κ1) is 13.1. The fraction of sp³-hybridized carbons (Fsp3) is 0.467. The van der Waals surface area contributed by atoms with Gasteiger partial charge in [-0.25, -0.2) is 0 Å². The molecule has 0 spiro atoms. The van der Waals surface area contributed by atoms with E-state index in [0.717, 1.165) is 19.3 Å². The van der Waals surface area contributed by atoms with E-state index < -0.39 is 11.4 Å². The molecule has 0 radical (unpaired) electrons. The van der Waals surface area contributed by atoms with Crippen molar-refractivity contribution in [3.8, 4) is 0 Å². The van der Waals surface area contributed by atoms with Gasteiger partial charge in [-0.2, -0.15) is 0 Å². The molecule has 5 nitrogen and oxygen atoms in total. The molecule has 0 unspecified atom stereocenters. The maximum Gasteiger partial charge on any atom is 0.251 e. The summed E-state index contributed by atoms with van der Waals surface area (Å²) in [5.41, 5.74) is 7.84. The Hall–Kier alpha value is -1.88. The molecule has 1 aliphatic heterocycles. The van der Waals surface area contributed by atoms with E-state index in [1.807, 2.05) is 18.2 Å². The van der Waals surface area contributed by atoms with Crippen LogP contribution in [0.1, 0.15) is 34.3 Å². The Kier molecular flexibility index (Phi) is 3.22. The number of nitrogens with two attached hydrogens (primary N) is 1. The first-order valence-corrected chi connectivity index (χ1v) is 6.88. The van der Waals surface area contributed by atoms with Gasteiger partial charge in [0.1, 0.15) is 0 Å². The van der Waals surface area contributed by atoms with Crippen molar-refractivity contribution < 1.29 is 14.3 Å². The summed E-state index contributed by atoms with van der Waals surface area (Å²) in [6, 6.07) is 5.82. The lowest BCUT2D eigenvalue weighted by molar-refractivity contribution is -0.127. The van der Waals surface area contributed by atoms with E-state index in [4.69, 9.17) is 10.5 Å². The van der Waals surface area contributed by atoms with Gasteiger partial charge in [0, 0.05) is 5.56 Å². The lowest BCUT2D eigenvalue weighted by Crippen LogP contribution is -2.63. The number of fused-ring (bicyclic) bond motifs is 1. The smallest absolute Gasteiger partial charge is 0.251 e. The third kappa shape index (κ3) is 2.41. The molecule has 106 valence electrons. The van der Waals surface area contributed by atoms with Crippen LogP contribution in [-0.4, -0.2) is 30.6 Å². The second-order valence-electron chi connectivity index (χ2n) is 5.71. The molecule has 0 aromatic heterocycles. The van der Waals surface area contributed by atoms with Gasteiger partial charge in [-0.05, 0) is 42.5 Å². The number of amides is 2.